The number of fused-ring (bicyclic) bond motifs is 1. The largest absolute Gasteiger partial charge is 0.439 e. The SMILES string of the molecule is NC(=O)C1CC2CCCCC2N1c1nccc(Oc2ccccc2)n1. The minimum atomic E-state index is -0.333. The number of primary amides is 1. The van der Waals surface area contributed by atoms with Crippen LogP contribution in [0.2, 0.25) is 0 Å². The highest BCUT2D eigenvalue weighted by atomic mass is 16.5. The number of hydrogen-bond donors (Lipinski definition) is 1. The fourth-order valence-corrected chi connectivity index (χ4v) is 4.12. The van der Waals surface area contributed by atoms with E-state index in [2.05, 4.69) is 9.97 Å². The van der Waals surface area contributed by atoms with E-state index in [1.165, 1.54) is 12.8 Å². The van der Waals surface area contributed by atoms with Crippen molar-refractivity contribution in [3.05, 3.63) is 42.6 Å². The molecular weight excluding hydrogens is 316 g/mol. The highest BCUT2D eigenvalue weighted by Gasteiger charge is 2.45. The average molecular weight is 338 g/mol. The molecule has 4 rings (SSSR count). The number of benzene rings is 1. The normalized spacial score (nSPS) is 25.4. The molecule has 25 heavy (non-hydrogen) atoms. The number of carbonyl (C=O) groups excluding carboxylic acids is 1. The number of ether oxygens (including phenoxy) is 1. The second-order valence-corrected chi connectivity index (χ2v) is 6.78. The Kier molecular flexibility index (Phi) is 4.26. The third-order valence-electron chi connectivity index (χ3n) is 5.23. The van der Waals surface area contributed by atoms with Crippen LogP contribution < -0.4 is 15.4 Å². The van der Waals surface area contributed by atoms with Gasteiger partial charge in [0.05, 0.1) is 0 Å². The van der Waals surface area contributed by atoms with Gasteiger partial charge in [-0.1, -0.05) is 31.0 Å². The summed E-state index contributed by atoms with van der Waals surface area (Å²) in [4.78, 5) is 23.0. The van der Waals surface area contributed by atoms with E-state index < -0.39 is 0 Å². The van der Waals surface area contributed by atoms with Crippen molar-refractivity contribution in [2.75, 3.05) is 4.90 Å². The van der Waals surface area contributed by atoms with Gasteiger partial charge >= 0.3 is 0 Å². The summed E-state index contributed by atoms with van der Waals surface area (Å²) in [7, 11) is 0. The minimum Gasteiger partial charge on any atom is -0.439 e. The van der Waals surface area contributed by atoms with E-state index in [0.29, 0.717) is 23.8 Å². The van der Waals surface area contributed by atoms with Gasteiger partial charge < -0.3 is 15.4 Å². The molecule has 130 valence electrons. The summed E-state index contributed by atoms with van der Waals surface area (Å²) in [5, 5.41) is 0. The van der Waals surface area contributed by atoms with Crippen LogP contribution in [-0.4, -0.2) is 28.0 Å². The van der Waals surface area contributed by atoms with Crippen molar-refractivity contribution >= 4 is 11.9 Å². The molecule has 2 N–H and O–H groups in total. The van der Waals surface area contributed by atoms with E-state index in [-0.39, 0.29) is 11.9 Å². The topological polar surface area (TPSA) is 81.3 Å². The molecule has 1 amide bonds. The number of aromatic nitrogens is 2. The van der Waals surface area contributed by atoms with Crippen LogP contribution in [0.25, 0.3) is 0 Å². The molecule has 2 aliphatic rings. The highest BCUT2D eigenvalue weighted by Crippen LogP contribution is 2.41. The first-order valence-electron chi connectivity index (χ1n) is 8.86. The number of hydrogen-bond acceptors (Lipinski definition) is 5. The molecule has 3 unspecified atom stereocenters. The van der Waals surface area contributed by atoms with Gasteiger partial charge in [0.2, 0.25) is 17.7 Å². The van der Waals surface area contributed by atoms with Crippen LogP contribution in [0.3, 0.4) is 0 Å². The Balaban J connectivity index is 1.63. The molecular formula is C19H22N4O2. The Morgan fingerprint density at radius 3 is 2.76 bits per heavy atom. The molecule has 2 heterocycles. The number of carbonyl (C=O) groups is 1. The Hall–Kier alpha value is -2.63. The lowest BCUT2D eigenvalue weighted by Crippen LogP contribution is -2.45. The molecule has 0 radical (unpaired) electrons. The van der Waals surface area contributed by atoms with E-state index in [1.54, 1.807) is 12.3 Å². The summed E-state index contributed by atoms with van der Waals surface area (Å²) in [6.07, 6.45) is 7.07. The Morgan fingerprint density at radius 2 is 1.96 bits per heavy atom. The molecule has 0 bridgehead atoms. The number of nitrogens with two attached hydrogens (primary N) is 1. The summed E-state index contributed by atoms with van der Waals surface area (Å²) in [5.41, 5.74) is 5.67. The predicted molar refractivity (Wildman–Crippen MR) is 94.4 cm³/mol. The van der Waals surface area contributed by atoms with E-state index >= 15 is 0 Å². The molecule has 1 aliphatic carbocycles. The lowest BCUT2D eigenvalue weighted by molar-refractivity contribution is -0.119. The van der Waals surface area contributed by atoms with E-state index in [0.717, 1.165) is 25.0 Å². The van der Waals surface area contributed by atoms with Gasteiger partial charge in [0.25, 0.3) is 0 Å². The molecule has 3 atom stereocenters. The minimum absolute atomic E-state index is 0.290. The first kappa shape index (κ1) is 15.9. The van der Waals surface area contributed by atoms with Gasteiger partial charge in [-0.25, -0.2) is 4.98 Å². The van der Waals surface area contributed by atoms with Crippen molar-refractivity contribution in [2.45, 2.75) is 44.2 Å². The van der Waals surface area contributed by atoms with Gasteiger partial charge in [-0.15, -0.1) is 0 Å². The lowest BCUT2D eigenvalue weighted by Gasteiger charge is -2.33. The van der Waals surface area contributed by atoms with Crippen LogP contribution in [0.15, 0.2) is 42.6 Å². The fraction of sp³-hybridized carbons (Fsp3) is 0.421. The molecule has 2 fully saturated rings. The van der Waals surface area contributed by atoms with Gasteiger partial charge in [-0.05, 0) is 37.3 Å². The maximum absolute atomic E-state index is 12.0. The predicted octanol–water partition coefficient (Wildman–Crippen LogP) is 2.89. The number of amides is 1. The summed E-state index contributed by atoms with van der Waals surface area (Å²) >= 11 is 0. The van der Waals surface area contributed by atoms with Gasteiger partial charge in [0, 0.05) is 18.3 Å². The van der Waals surface area contributed by atoms with E-state index in [1.807, 2.05) is 35.2 Å². The number of rotatable bonds is 4. The van der Waals surface area contributed by atoms with Crippen LogP contribution >= 0.6 is 0 Å². The van der Waals surface area contributed by atoms with Crippen LogP contribution in [0.5, 0.6) is 11.6 Å². The van der Waals surface area contributed by atoms with Crippen molar-refractivity contribution in [3.63, 3.8) is 0 Å². The van der Waals surface area contributed by atoms with Crippen molar-refractivity contribution in [1.82, 2.24) is 9.97 Å². The van der Waals surface area contributed by atoms with Gasteiger partial charge in [-0.3, -0.25) is 4.79 Å². The summed E-state index contributed by atoms with van der Waals surface area (Å²) in [6.45, 7) is 0. The molecule has 1 saturated heterocycles. The first-order valence-corrected chi connectivity index (χ1v) is 8.86. The molecule has 1 aromatic heterocycles. The van der Waals surface area contributed by atoms with Gasteiger partial charge in [0.1, 0.15) is 11.8 Å². The quantitative estimate of drug-likeness (QED) is 0.927. The maximum Gasteiger partial charge on any atom is 0.240 e. The van der Waals surface area contributed by atoms with Crippen molar-refractivity contribution in [2.24, 2.45) is 11.7 Å². The molecule has 2 aromatic rings. The maximum atomic E-state index is 12.0. The van der Waals surface area contributed by atoms with Crippen molar-refractivity contribution in [3.8, 4) is 11.6 Å². The van der Waals surface area contributed by atoms with Crippen LogP contribution in [-0.2, 0) is 4.79 Å². The fourth-order valence-electron chi connectivity index (χ4n) is 4.12. The second-order valence-electron chi connectivity index (χ2n) is 6.78. The zero-order valence-electron chi connectivity index (χ0n) is 14.0. The summed E-state index contributed by atoms with van der Waals surface area (Å²) < 4.78 is 5.82. The molecule has 0 spiro atoms. The summed E-state index contributed by atoms with van der Waals surface area (Å²) in [6, 6.07) is 11.2. The standard InChI is InChI=1S/C19H22N4O2/c20-18(24)16-12-13-6-4-5-9-15(13)23(16)19-21-11-10-17(22-19)25-14-7-2-1-3-8-14/h1-3,7-8,10-11,13,15-16H,4-6,9,12H2,(H2,20,24). The zero-order chi connectivity index (χ0) is 17.2. The molecule has 1 saturated carbocycles. The second kappa shape index (κ2) is 6.70. The smallest absolute Gasteiger partial charge is 0.240 e. The third-order valence-corrected chi connectivity index (χ3v) is 5.23. The molecule has 6 heteroatoms. The van der Waals surface area contributed by atoms with Crippen molar-refractivity contribution < 1.29 is 9.53 Å². The van der Waals surface area contributed by atoms with Crippen molar-refractivity contribution in [1.29, 1.82) is 0 Å². The number of para-hydroxylation sites is 1. The van der Waals surface area contributed by atoms with Crippen LogP contribution in [0.1, 0.15) is 32.1 Å². The first-order chi connectivity index (χ1) is 12.2. The number of nitrogens with zero attached hydrogens (tertiary/aromatic N) is 3. The molecule has 6 nitrogen and oxygen atoms in total. The number of anilines is 1. The zero-order valence-corrected chi connectivity index (χ0v) is 14.0. The Labute approximate surface area is 147 Å². The van der Waals surface area contributed by atoms with E-state index in [4.69, 9.17) is 10.5 Å². The highest BCUT2D eigenvalue weighted by molar-refractivity contribution is 5.84. The molecule has 1 aliphatic heterocycles. The average Bonchev–Trinajstić information content (AvgIpc) is 3.03. The summed E-state index contributed by atoms with van der Waals surface area (Å²) in [5.74, 6) is 1.92. The van der Waals surface area contributed by atoms with Gasteiger partial charge in [0.15, 0.2) is 0 Å². The monoisotopic (exact) mass is 338 g/mol. The van der Waals surface area contributed by atoms with Gasteiger partial charge in [-0.2, -0.15) is 4.98 Å². The van der Waals surface area contributed by atoms with E-state index in [9.17, 15) is 4.79 Å². The van der Waals surface area contributed by atoms with Crippen LogP contribution in [0, 0.1) is 5.92 Å². The third kappa shape index (κ3) is 3.16. The Bertz CT molecular complexity index is 752. The molecule has 1 aromatic carbocycles. The lowest BCUT2D eigenvalue weighted by atomic mass is 9.85. The Morgan fingerprint density at radius 1 is 1.16 bits per heavy atom. The van der Waals surface area contributed by atoms with Crippen LogP contribution in [0.4, 0.5) is 5.95 Å².